The van der Waals surface area contributed by atoms with Gasteiger partial charge in [0.2, 0.25) is 5.91 Å². The third kappa shape index (κ3) is 5.75. The summed E-state index contributed by atoms with van der Waals surface area (Å²) in [7, 11) is 0. The summed E-state index contributed by atoms with van der Waals surface area (Å²) in [5.74, 6) is -0.136. The fourth-order valence-corrected chi connectivity index (χ4v) is 3.72. The summed E-state index contributed by atoms with van der Waals surface area (Å²) in [5, 5.41) is 6.16. The van der Waals surface area contributed by atoms with Crippen molar-refractivity contribution in [3.8, 4) is 0 Å². The summed E-state index contributed by atoms with van der Waals surface area (Å²) >= 11 is 5.84. The normalized spacial score (nSPS) is 13.7. The lowest BCUT2D eigenvalue weighted by Gasteiger charge is -2.33. The molecule has 4 rings (SSSR count). The molecule has 0 bridgehead atoms. The molecule has 2 aromatic heterocycles. The third-order valence-corrected chi connectivity index (χ3v) is 5.52. The van der Waals surface area contributed by atoms with Gasteiger partial charge in [0.15, 0.2) is 0 Å². The Labute approximate surface area is 197 Å². The summed E-state index contributed by atoms with van der Waals surface area (Å²) in [6.07, 6.45) is 6.50. The molecule has 2 amide bonds. The number of carbonyl (C=O) groups excluding carboxylic acids is 2. The zero-order valence-corrected chi connectivity index (χ0v) is 18.8. The minimum Gasteiger partial charge on any atom is -0.371 e. The number of carbonyl (C=O) groups is 2. The molecule has 7 nitrogen and oxygen atoms in total. The Balaban J connectivity index is 0.00000289. The fourth-order valence-electron chi connectivity index (χ4n) is 3.61. The largest absolute Gasteiger partial charge is 0.371 e. The van der Waals surface area contributed by atoms with E-state index >= 15 is 0 Å². The molecule has 0 unspecified atom stereocenters. The topological polar surface area (TPSA) is 87.2 Å². The lowest BCUT2D eigenvalue weighted by atomic mass is 9.95. The Hall–Kier alpha value is -3.16. The number of nitrogens with one attached hydrogen (secondary N) is 2. The van der Waals surface area contributed by atoms with Gasteiger partial charge in [-0.05, 0) is 49.2 Å². The number of aromatic nitrogens is 2. The molecule has 0 spiro atoms. The van der Waals surface area contributed by atoms with E-state index in [1.165, 1.54) is 6.20 Å². The van der Waals surface area contributed by atoms with Crippen LogP contribution in [0.2, 0.25) is 5.02 Å². The molecule has 32 heavy (non-hydrogen) atoms. The van der Waals surface area contributed by atoms with Gasteiger partial charge in [0, 0.05) is 43.3 Å². The molecule has 1 aromatic carbocycles. The molecule has 0 saturated carbocycles. The number of halogens is 2. The lowest BCUT2D eigenvalue weighted by molar-refractivity contribution is -0.120. The molecule has 1 aliphatic heterocycles. The van der Waals surface area contributed by atoms with Crippen molar-refractivity contribution in [3.05, 3.63) is 77.7 Å². The van der Waals surface area contributed by atoms with Crippen LogP contribution in [0.25, 0.3) is 0 Å². The predicted molar refractivity (Wildman–Crippen MR) is 129 cm³/mol. The van der Waals surface area contributed by atoms with Crippen LogP contribution in [0.4, 0.5) is 17.2 Å². The maximum atomic E-state index is 12.9. The average molecular weight is 472 g/mol. The first kappa shape index (κ1) is 23.5. The number of amides is 2. The van der Waals surface area contributed by atoms with Gasteiger partial charge < -0.3 is 15.5 Å². The number of para-hydroxylation sites is 1. The van der Waals surface area contributed by atoms with Crippen LogP contribution in [0.3, 0.4) is 0 Å². The Morgan fingerprint density at radius 1 is 0.969 bits per heavy atom. The van der Waals surface area contributed by atoms with Crippen molar-refractivity contribution in [1.82, 2.24) is 9.97 Å². The third-order valence-electron chi connectivity index (χ3n) is 5.29. The molecule has 0 aliphatic carbocycles. The fraction of sp³-hybridized carbons (Fsp3) is 0.217. The number of piperidine rings is 1. The van der Waals surface area contributed by atoms with E-state index in [2.05, 4.69) is 25.5 Å². The van der Waals surface area contributed by atoms with E-state index in [9.17, 15) is 9.59 Å². The second kappa shape index (κ2) is 10.9. The first-order chi connectivity index (χ1) is 15.1. The predicted octanol–water partition coefficient (Wildman–Crippen LogP) is 4.66. The minimum atomic E-state index is -0.349. The van der Waals surface area contributed by atoms with Gasteiger partial charge >= 0.3 is 0 Å². The molecule has 166 valence electrons. The van der Waals surface area contributed by atoms with Gasteiger partial charge in [0.05, 0.1) is 16.3 Å². The lowest BCUT2D eigenvalue weighted by Crippen LogP contribution is -2.38. The van der Waals surface area contributed by atoms with Gasteiger partial charge in [0.1, 0.15) is 5.82 Å². The van der Waals surface area contributed by atoms with E-state index in [1.54, 1.807) is 48.8 Å². The Bertz CT molecular complexity index is 1060. The molecular weight excluding hydrogens is 449 g/mol. The molecular formula is C23H23Cl2N5O2. The van der Waals surface area contributed by atoms with Crippen molar-refractivity contribution in [2.24, 2.45) is 5.92 Å². The van der Waals surface area contributed by atoms with E-state index in [1.807, 2.05) is 12.1 Å². The van der Waals surface area contributed by atoms with Gasteiger partial charge in [-0.15, -0.1) is 12.4 Å². The smallest absolute Gasteiger partial charge is 0.258 e. The zero-order chi connectivity index (χ0) is 21.6. The maximum absolute atomic E-state index is 12.9. The first-order valence-electron chi connectivity index (χ1n) is 10.1. The molecule has 9 heteroatoms. The number of rotatable bonds is 5. The molecule has 1 saturated heterocycles. The summed E-state index contributed by atoms with van der Waals surface area (Å²) in [4.78, 5) is 36.0. The van der Waals surface area contributed by atoms with Gasteiger partial charge in [-0.1, -0.05) is 23.7 Å². The van der Waals surface area contributed by atoms with Gasteiger partial charge in [-0.2, -0.15) is 0 Å². The van der Waals surface area contributed by atoms with Crippen LogP contribution < -0.4 is 15.5 Å². The monoisotopic (exact) mass is 471 g/mol. The van der Waals surface area contributed by atoms with Crippen LogP contribution in [-0.2, 0) is 4.79 Å². The van der Waals surface area contributed by atoms with E-state index in [0.29, 0.717) is 22.1 Å². The van der Waals surface area contributed by atoms with Crippen LogP contribution in [0.1, 0.15) is 23.2 Å². The highest BCUT2D eigenvalue weighted by molar-refractivity contribution is 6.30. The van der Waals surface area contributed by atoms with Crippen molar-refractivity contribution in [1.29, 1.82) is 0 Å². The zero-order valence-electron chi connectivity index (χ0n) is 17.2. The number of nitrogens with zero attached hydrogens (tertiary/aromatic N) is 3. The Morgan fingerprint density at radius 2 is 1.69 bits per heavy atom. The number of anilines is 3. The molecule has 3 aromatic rings. The Morgan fingerprint density at radius 3 is 2.38 bits per heavy atom. The first-order valence-corrected chi connectivity index (χ1v) is 10.5. The molecule has 2 N–H and O–H groups in total. The standard InChI is InChI=1S/C23H22ClN5O2.ClH/c24-17-5-6-21(26-15-17)28-23(31)19-3-1-2-4-20(19)27-22(30)16-9-13-29(14-10-16)18-7-11-25-12-8-18;/h1-8,11-12,15-16H,9-10,13-14H2,(H,27,30)(H,26,28,31);1H. The number of pyridine rings is 2. The number of hydrogen-bond donors (Lipinski definition) is 2. The minimum absolute atomic E-state index is 0. The number of hydrogen-bond acceptors (Lipinski definition) is 5. The van der Waals surface area contributed by atoms with E-state index in [-0.39, 0.29) is 30.1 Å². The van der Waals surface area contributed by atoms with Crippen molar-refractivity contribution >= 4 is 53.0 Å². The van der Waals surface area contributed by atoms with E-state index in [0.717, 1.165) is 31.6 Å². The average Bonchev–Trinajstić information content (AvgIpc) is 2.81. The molecule has 1 aliphatic rings. The van der Waals surface area contributed by atoms with Crippen molar-refractivity contribution in [2.45, 2.75) is 12.8 Å². The molecule has 3 heterocycles. The second-order valence-corrected chi connectivity index (χ2v) is 7.75. The highest BCUT2D eigenvalue weighted by Gasteiger charge is 2.26. The summed E-state index contributed by atoms with van der Waals surface area (Å²) in [6, 6.07) is 14.2. The van der Waals surface area contributed by atoms with Crippen LogP contribution >= 0.6 is 24.0 Å². The van der Waals surface area contributed by atoms with Crippen LogP contribution in [0.15, 0.2) is 67.1 Å². The van der Waals surface area contributed by atoms with Crippen molar-refractivity contribution in [2.75, 3.05) is 28.6 Å². The molecule has 0 atom stereocenters. The Kier molecular flexibility index (Phi) is 8.03. The molecule has 1 fully saturated rings. The van der Waals surface area contributed by atoms with E-state index in [4.69, 9.17) is 11.6 Å². The van der Waals surface area contributed by atoms with Crippen molar-refractivity contribution in [3.63, 3.8) is 0 Å². The van der Waals surface area contributed by atoms with Gasteiger partial charge in [0.25, 0.3) is 5.91 Å². The quantitative estimate of drug-likeness (QED) is 0.564. The van der Waals surface area contributed by atoms with Crippen LogP contribution in [-0.4, -0.2) is 34.9 Å². The summed E-state index contributed by atoms with van der Waals surface area (Å²) in [5.41, 5.74) is 1.98. The highest BCUT2D eigenvalue weighted by Crippen LogP contribution is 2.25. The van der Waals surface area contributed by atoms with Gasteiger partial charge in [-0.25, -0.2) is 4.98 Å². The maximum Gasteiger partial charge on any atom is 0.258 e. The van der Waals surface area contributed by atoms with Crippen LogP contribution in [0, 0.1) is 5.92 Å². The van der Waals surface area contributed by atoms with E-state index < -0.39 is 0 Å². The summed E-state index contributed by atoms with van der Waals surface area (Å²) in [6.45, 7) is 1.60. The second-order valence-electron chi connectivity index (χ2n) is 7.32. The molecule has 0 radical (unpaired) electrons. The summed E-state index contributed by atoms with van der Waals surface area (Å²) < 4.78 is 0. The van der Waals surface area contributed by atoms with Gasteiger partial charge in [-0.3, -0.25) is 14.6 Å². The SMILES string of the molecule is Cl.O=C(Nc1ccc(Cl)cn1)c1ccccc1NC(=O)C1CCN(c2ccncc2)CC1. The highest BCUT2D eigenvalue weighted by atomic mass is 35.5. The van der Waals surface area contributed by atoms with Crippen LogP contribution in [0.5, 0.6) is 0 Å². The number of benzene rings is 1. The van der Waals surface area contributed by atoms with Crippen molar-refractivity contribution < 1.29 is 9.59 Å².